The van der Waals surface area contributed by atoms with Gasteiger partial charge >= 0.3 is 5.97 Å². The molecular formula is C12H16O4. The third-order valence-electron chi connectivity index (χ3n) is 2.27. The molecule has 1 aromatic rings. The van der Waals surface area contributed by atoms with Crippen molar-refractivity contribution in [1.29, 1.82) is 0 Å². The number of aliphatic carboxylic acids is 1. The molecule has 2 unspecified atom stereocenters. The molecule has 0 amide bonds. The van der Waals surface area contributed by atoms with Crippen molar-refractivity contribution in [2.45, 2.75) is 33.0 Å². The minimum absolute atomic E-state index is 0.413. The van der Waals surface area contributed by atoms with Gasteiger partial charge in [0.2, 0.25) is 0 Å². The highest BCUT2D eigenvalue weighted by molar-refractivity contribution is 5.72. The molecule has 1 rings (SSSR count). The molecule has 0 bridgehead atoms. The zero-order valence-corrected chi connectivity index (χ0v) is 9.60. The Kier molecular flexibility index (Phi) is 3.90. The van der Waals surface area contributed by atoms with Crippen molar-refractivity contribution in [3.05, 3.63) is 29.3 Å². The second-order valence-corrected chi connectivity index (χ2v) is 3.82. The standard InChI is InChI=1S/C12H16O4/c1-7-4-5-11(10(6-7)8(2)13)16-9(3)12(14)15/h4-6,8-9,13H,1-3H3,(H,14,15). The number of aliphatic hydroxyl groups is 1. The van der Waals surface area contributed by atoms with Gasteiger partial charge in [0.25, 0.3) is 0 Å². The van der Waals surface area contributed by atoms with Crippen molar-refractivity contribution in [3.63, 3.8) is 0 Å². The molecule has 0 heterocycles. The van der Waals surface area contributed by atoms with Gasteiger partial charge in [0, 0.05) is 5.56 Å². The van der Waals surface area contributed by atoms with E-state index >= 15 is 0 Å². The number of hydrogen-bond acceptors (Lipinski definition) is 3. The molecule has 0 aromatic heterocycles. The van der Waals surface area contributed by atoms with Gasteiger partial charge in [0.1, 0.15) is 5.75 Å². The highest BCUT2D eigenvalue weighted by Crippen LogP contribution is 2.27. The molecule has 16 heavy (non-hydrogen) atoms. The van der Waals surface area contributed by atoms with Gasteiger partial charge < -0.3 is 14.9 Å². The summed E-state index contributed by atoms with van der Waals surface area (Å²) in [7, 11) is 0. The van der Waals surface area contributed by atoms with Crippen molar-refractivity contribution in [1.82, 2.24) is 0 Å². The predicted octanol–water partition coefficient (Wildman–Crippen LogP) is 1.90. The highest BCUT2D eigenvalue weighted by atomic mass is 16.5. The predicted molar refractivity (Wildman–Crippen MR) is 59.5 cm³/mol. The fourth-order valence-corrected chi connectivity index (χ4v) is 1.34. The Morgan fingerprint density at radius 1 is 1.38 bits per heavy atom. The van der Waals surface area contributed by atoms with Gasteiger partial charge in [-0.1, -0.05) is 11.6 Å². The Morgan fingerprint density at radius 3 is 2.50 bits per heavy atom. The maximum Gasteiger partial charge on any atom is 0.344 e. The van der Waals surface area contributed by atoms with Crippen LogP contribution in [0.15, 0.2) is 18.2 Å². The number of rotatable bonds is 4. The van der Waals surface area contributed by atoms with Crippen LogP contribution in [0.5, 0.6) is 5.75 Å². The lowest BCUT2D eigenvalue weighted by Gasteiger charge is -2.16. The first kappa shape index (κ1) is 12.5. The quantitative estimate of drug-likeness (QED) is 0.819. The van der Waals surface area contributed by atoms with Crippen molar-refractivity contribution in [2.75, 3.05) is 0 Å². The summed E-state index contributed by atoms with van der Waals surface area (Å²) in [6.45, 7) is 4.97. The lowest BCUT2D eigenvalue weighted by atomic mass is 10.1. The van der Waals surface area contributed by atoms with Crippen LogP contribution in [-0.2, 0) is 4.79 Å². The van der Waals surface area contributed by atoms with Gasteiger partial charge in [-0.15, -0.1) is 0 Å². The summed E-state index contributed by atoms with van der Waals surface area (Å²) >= 11 is 0. The summed E-state index contributed by atoms with van der Waals surface area (Å²) in [4.78, 5) is 10.7. The van der Waals surface area contributed by atoms with Crippen molar-refractivity contribution in [3.8, 4) is 5.75 Å². The van der Waals surface area contributed by atoms with E-state index in [-0.39, 0.29) is 0 Å². The Hall–Kier alpha value is -1.55. The Morgan fingerprint density at radius 2 is 2.00 bits per heavy atom. The minimum Gasteiger partial charge on any atom is -0.479 e. The number of carboxylic acid groups (broad SMARTS) is 1. The molecule has 0 aliphatic heterocycles. The van der Waals surface area contributed by atoms with E-state index < -0.39 is 18.2 Å². The summed E-state index contributed by atoms with van der Waals surface area (Å²) in [5.41, 5.74) is 1.60. The van der Waals surface area contributed by atoms with Gasteiger partial charge in [0.05, 0.1) is 6.10 Å². The van der Waals surface area contributed by atoms with Crippen molar-refractivity contribution < 1.29 is 19.7 Å². The van der Waals surface area contributed by atoms with E-state index in [1.807, 2.05) is 13.0 Å². The molecular weight excluding hydrogens is 208 g/mol. The monoisotopic (exact) mass is 224 g/mol. The van der Waals surface area contributed by atoms with Gasteiger partial charge in [-0.3, -0.25) is 0 Å². The highest BCUT2D eigenvalue weighted by Gasteiger charge is 2.16. The number of hydrogen-bond donors (Lipinski definition) is 2. The third kappa shape index (κ3) is 2.97. The maximum absolute atomic E-state index is 10.7. The fraction of sp³-hybridized carbons (Fsp3) is 0.417. The molecule has 0 aliphatic carbocycles. The molecule has 0 radical (unpaired) electrons. The molecule has 1 aromatic carbocycles. The molecule has 2 atom stereocenters. The number of carboxylic acids is 1. The van der Waals surface area contributed by atoms with Crippen LogP contribution in [-0.4, -0.2) is 22.3 Å². The summed E-state index contributed by atoms with van der Waals surface area (Å²) < 4.78 is 5.26. The third-order valence-corrected chi connectivity index (χ3v) is 2.27. The van der Waals surface area contributed by atoms with Crippen LogP contribution < -0.4 is 4.74 Å². The molecule has 0 saturated heterocycles. The van der Waals surface area contributed by atoms with E-state index in [0.29, 0.717) is 11.3 Å². The fourth-order valence-electron chi connectivity index (χ4n) is 1.34. The van der Waals surface area contributed by atoms with Gasteiger partial charge in [-0.25, -0.2) is 4.79 Å². The zero-order chi connectivity index (χ0) is 12.3. The Labute approximate surface area is 94.5 Å². The molecule has 88 valence electrons. The van der Waals surface area contributed by atoms with Crippen molar-refractivity contribution >= 4 is 5.97 Å². The van der Waals surface area contributed by atoms with E-state index in [1.165, 1.54) is 6.92 Å². The molecule has 0 saturated carbocycles. The van der Waals surface area contributed by atoms with E-state index in [2.05, 4.69) is 0 Å². The number of aliphatic hydroxyl groups excluding tert-OH is 1. The molecule has 4 heteroatoms. The summed E-state index contributed by atoms with van der Waals surface area (Å²) in [5, 5.41) is 18.3. The van der Waals surface area contributed by atoms with Crippen LogP contribution in [0.25, 0.3) is 0 Å². The second-order valence-electron chi connectivity index (χ2n) is 3.82. The number of aryl methyl sites for hydroxylation is 1. The smallest absolute Gasteiger partial charge is 0.344 e. The number of ether oxygens (including phenoxy) is 1. The van der Waals surface area contributed by atoms with Gasteiger partial charge in [0.15, 0.2) is 6.10 Å². The lowest BCUT2D eigenvalue weighted by molar-refractivity contribution is -0.144. The minimum atomic E-state index is -1.03. The largest absolute Gasteiger partial charge is 0.479 e. The van der Waals surface area contributed by atoms with Gasteiger partial charge in [-0.2, -0.15) is 0 Å². The Bertz CT molecular complexity index is 385. The van der Waals surface area contributed by atoms with Crippen LogP contribution in [0.2, 0.25) is 0 Å². The molecule has 2 N–H and O–H groups in total. The van der Waals surface area contributed by atoms with E-state index in [9.17, 15) is 9.90 Å². The first-order valence-electron chi connectivity index (χ1n) is 5.10. The van der Waals surface area contributed by atoms with E-state index in [0.717, 1.165) is 5.56 Å². The SMILES string of the molecule is Cc1ccc(OC(C)C(=O)O)c(C(C)O)c1. The molecule has 4 nitrogen and oxygen atoms in total. The lowest BCUT2D eigenvalue weighted by Crippen LogP contribution is -2.23. The first-order valence-corrected chi connectivity index (χ1v) is 5.10. The van der Waals surface area contributed by atoms with Crippen LogP contribution in [0.1, 0.15) is 31.1 Å². The van der Waals surface area contributed by atoms with E-state index in [4.69, 9.17) is 9.84 Å². The molecule has 0 spiro atoms. The Balaban J connectivity index is 2.99. The van der Waals surface area contributed by atoms with Crippen LogP contribution in [0.4, 0.5) is 0 Å². The number of benzene rings is 1. The van der Waals surface area contributed by atoms with E-state index in [1.54, 1.807) is 19.1 Å². The molecule has 0 aliphatic rings. The topological polar surface area (TPSA) is 66.8 Å². The average molecular weight is 224 g/mol. The van der Waals surface area contributed by atoms with Gasteiger partial charge in [-0.05, 0) is 32.9 Å². The van der Waals surface area contributed by atoms with Crippen LogP contribution in [0.3, 0.4) is 0 Å². The maximum atomic E-state index is 10.7. The summed E-state index contributed by atoms with van der Waals surface area (Å²) in [6, 6.07) is 5.28. The zero-order valence-electron chi connectivity index (χ0n) is 9.60. The summed E-state index contributed by atoms with van der Waals surface area (Å²) in [6.07, 6.45) is -1.61. The first-order chi connectivity index (χ1) is 7.41. The summed E-state index contributed by atoms with van der Waals surface area (Å²) in [5.74, 6) is -0.618. The second kappa shape index (κ2) is 4.99. The normalized spacial score (nSPS) is 14.2. The van der Waals surface area contributed by atoms with Crippen molar-refractivity contribution in [2.24, 2.45) is 0 Å². The van der Waals surface area contributed by atoms with Crippen LogP contribution >= 0.6 is 0 Å². The number of carbonyl (C=O) groups is 1. The molecule has 0 fully saturated rings. The van der Waals surface area contributed by atoms with Crippen LogP contribution in [0, 0.1) is 6.92 Å². The average Bonchev–Trinajstić information content (AvgIpc) is 2.20.